The fourth-order valence-corrected chi connectivity index (χ4v) is 4.01. The molecule has 2 heterocycles. The molecule has 2 aliphatic heterocycles. The maximum Gasteiger partial charge on any atom is 0.238 e. The molecule has 0 fully saturated rings. The zero-order valence-corrected chi connectivity index (χ0v) is 17.0. The minimum atomic E-state index is -0.173. The van der Waals surface area contributed by atoms with E-state index in [2.05, 4.69) is 35.3 Å². The second-order valence-electron chi connectivity index (χ2n) is 7.29. The molecular weight excluding hydrogens is 390 g/mol. The van der Waals surface area contributed by atoms with E-state index in [4.69, 9.17) is 21.1 Å². The van der Waals surface area contributed by atoms with Crippen molar-refractivity contribution in [3.63, 3.8) is 0 Å². The second kappa shape index (κ2) is 8.32. The van der Waals surface area contributed by atoms with E-state index in [0.717, 1.165) is 36.4 Å². The topological polar surface area (TPSA) is 74.6 Å². The van der Waals surface area contributed by atoms with E-state index in [-0.39, 0.29) is 18.5 Å². The van der Waals surface area contributed by atoms with Gasteiger partial charge in [0.25, 0.3) is 0 Å². The van der Waals surface area contributed by atoms with Crippen LogP contribution < -0.4 is 14.8 Å². The van der Waals surface area contributed by atoms with Crippen molar-refractivity contribution in [2.45, 2.75) is 25.8 Å². The van der Waals surface area contributed by atoms with Crippen molar-refractivity contribution in [1.29, 1.82) is 5.26 Å². The highest BCUT2D eigenvalue weighted by Gasteiger charge is 2.28. The van der Waals surface area contributed by atoms with Crippen molar-refractivity contribution in [2.24, 2.45) is 0 Å². The number of nitriles is 1. The average molecular weight is 412 g/mol. The van der Waals surface area contributed by atoms with E-state index in [1.54, 1.807) is 18.2 Å². The Labute approximate surface area is 175 Å². The van der Waals surface area contributed by atoms with Gasteiger partial charge in [0.05, 0.1) is 31.0 Å². The van der Waals surface area contributed by atoms with Crippen molar-refractivity contribution in [3.05, 3.63) is 52.0 Å². The number of fused-ring (bicyclic) bond motifs is 2. The predicted molar refractivity (Wildman–Crippen MR) is 111 cm³/mol. The number of rotatable bonds is 3. The monoisotopic (exact) mass is 411 g/mol. The van der Waals surface area contributed by atoms with Gasteiger partial charge >= 0.3 is 0 Å². The van der Waals surface area contributed by atoms with E-state index in [1.807, 2.05) is 0 Å². The molecule has 0 spiro atoms. The number of hydrogen-bond acceptors (Lipinski definition) is 5. The first-order valence-electron chi connectivity index (χ1n) is 9.71. The SMILES string of the molecule is C[C@@H]1c2cc3c(cc2CCN1CC(=O)Nc1cc(Cl)ccc1C#N)OCCCO3. The fraction of sp³-hybridized carbons (Fsp3) is 0.364. The van der Waals surface area contributed by atoms with Gasteiger partial charge in [-0.2, -0.15) is 5.26 Å². The summed E-state index contributed by atoms with van der Waals surface area (Å²) in [5.41, 5.74) is 3.22. The maximum atomic E-state index is 12.6. The first-order chi connectivity index (χ1) is 14.0. The first kappa shape index (κ1) is 19.6. The number of amides is 1. The molecule has 0 aromatic heterocycles. The Hall–Kier alpha value is -2.75. The highest BCUT2D eigenvalue weighted by atomic mass is 35.5. The Morgan fingerprint density at radius 3 is 2.79 bits per heavy atom. The molecule has 0 aliphatic carbocycles. The third kappa shape index (κ3) is 4.16. The molecule has 150 valence electrons. The number of carbonyl (C=O) groups excluding carboxylic acids is 1. The number of anilines is 1. The summed E-state index contributed by atoms with van der Waals surface area (Å²) in [5, 5.41) is 12.5. The summed E-state index contributed by atoms with van der Waals surface area (Å²) in [6.07, 6.45) is 1.71. The molecule has 0 saturated heterocycles. The largest absolute Gasteiger partial charge is 0.490 e. The van der Waals surface area contributed by atoms with Crippen molar-refractivity contribution in [1.82, 2.24) is 4.90 Å². The molecule has 6 nitrogen and oxygen atoms in total. The Bertz CT molecular complexity index is 986. The lowest BCUT2D eigenvalue weighted by molar-refractivity contribution is -0.117. The van der Waals surface area contributed by atoms with Gasteiger partial charge in [-0.15, -0.1) is 0 Å². The summed E-state index contributed by atoms with van der Waals surface area (Å²) in [6.45, 7) is 4.40. The zero-order valence-electron chi connectivity index (χ0n) is 16.2. The highest BCUT2D eigenvalue weighted by Crippen LogP contribution is 2.39. The zero-order chi connectivity index (χ0) is 20.4. The predicted octanol–water partition coefficient (Wildman–Crippen LogP) is 3.93. The molecule has 2 aromatic rings. The standard InChI is InChI=1S/C22H22ClN3O3/c1-14-18-11-21-20(28-7-2-8-29-21)9-15(18)5-6-26(14)13-22(27)25-19-10-17(23)4-3-16(19)12-24/h3-4,9-11,14H,2,5-8,13H2,1H3,(H,25,27)/t14-/m1/s1. The molecule has 1 amide bonds. The van der Waals surface area contributed by atoms with Crippen LogP contribution in [0, 0.1) is 11.3 Å². The van der Waals surface area contributed by atoms with E-state index < -0.39 is 0 Å². The molecule has 0 radical (unpaired) electrons. The van der Waals surface area contributed by atoms with E-state index in [1.165, 1.54) is 5.56 Å². The maximum absolute atomic E-state index is 12.6. The number of nitrogens with zero attached hydrogens (tertiary/aromatic N) is 2. The van der Waals surface area contributed by atoms with Gasteiger partial charge in [0.2, 0.25) is 5.91 Å². The Morgan fingerprint density at radius 2 is 2.03 bits per heavy atom. The van der Waals surface area contributed by atoms with Crippen LogP contribution in [0.1, 0.15) is 36.1 Å². The summed E-state index contributed by atoms with van der Waals surface area (Å²) in [7, 11) is 0. The van der Waals surface area contributed by atoms with Crippen molar-refractivity contribution in [2.75, 3.05) is 31.6 Å². The number of carbonyl (C=O) groups is 1. The van der Waals surface area contributed by atoms with Gasteiger partial charge in [-0.1, -0.05) is 11.6 Å². The number of hydrogen-bond donors (Lipinski definition) is 1. The van der Waals surface area contributed by atoms with Crippen LogP contribution in [0.5, 0.6) is 11.5 Å². The van der Waals surface area contributed by atoms with Crippen molar-refractivity contribution >= 4 is 23.2 Å². The molecular formula is C22H22ClN3O3. The van der Waals surface area contributed by atoms with Gasteiger partial charge in [-0.3, -0.25) is 9.69 Å². The number of nitrogens with one attached hydrogen (secondary N) is 1. The number of halogens is 1. The van der Waals surface area contributed by atoms with E-state index in [0.29, 0.717) is 29.5 Å². The minimum Gasteiger partial charge on any atom is -0.490 e. The molecule has 29 heavy (non-hydrogen) atoms. The van der Waals surface area contributed by atoms with Crippen LogP contribution in [-0.4, -0.2) is 37.1 Å². The smallest absolute Gasteiger partial charge is 0.238 e. The van der Waals surface area contributed by atoms with Crippen LogP contribution >= 0.6 is 11.6 Å². The minimum absolute atomic E-state index is 0.0662. The molecule has 2 aromatic carbocycles. The van der Waals surface area contributed by atoms with Crippen LogP contribution in [-0.2, 0) is 11.2 Å². The van der Waals surface area contributed by atoms with E-state index >= 15 is 0 Å². The third-order valence-corrected chi connectivity index (χ3v) is 5.63. The average Bonchev–Trinajstić information content (AvgIpc) is 2.94. The van der Waals surface area contributed by atoms with Crippen LogP contribution in [0.15, 0.2) is 30.3 Å². The molecule has 1 N–H and O–H groups in total. The Kier molecular flexibility index (Phi) is 5.61. The van der Waals surface area contributed by atoms with Crippen LogP contribution in [0.2, 0.25) is 5.02 Å². The summed E-state index contributed by atoms with van der Waals surface area (Å²) in [4.78, 5) is 14.8. The summed E-state index contributed by atoms with van der Waals surface area (Å²) in [6, 6.07) is 11.1. The number of ether oxygens (including phenoxy) is 2. The summed E-state index contributed by atoms with van der Waals surface area (Å²) < 4.78 is 11.6. The lowest BCUT2D eigenvalue weighted by Gasteiger charge is -2.35. The fourth-order valence-electron chi connectivity index (χ4n) is 3.83. The van der Waals surface area contributed by atoms with Gasteiger partial charge < -0.3 is 14.8 Å². The van der Waals surface area contributed by atoms with E-state index in [9.17, 15) is 10.1 Å². The van der Waals surface area contributed by atoms with Crippen molar-refractivity contribution < 1.29 is 14.3 Å². The Balaban J connectivity index is 1.49. The number of benzene rings is 2. The second-order valence-corrected chi connectivity index (χ2v) is 7.73. The van der Waals surface area contributed by atoms with Gasteiger partial charge in [0, 0.05) is 24.0 Å². The van der Waals surface area contributed by atoms with Crippen molar-refractivity contribution in [3.8, 4) is 17.6 Å². The molecule has 0 saturated carbocycles. The highest BCUT2D eigenvalue weighted by molar-refractivity contribution is 6.31. The lowest BCUT2D eigenvalue weighted by Crippen LogP contribution is -2.39. The molecule has 4 rings (SSSR count). The quantitative estimate of drug-likeness (QED) is 0.828. The van der Waals surface area contributed by atoms with Gasteiger partial charge in [-0.05, 0) is 54.8 Å². The third-order valence-electron chi connectivity index (χ3n) is 5.40. The van der Waals surface area contributed by atoms with Crippen LogP contribution in [0.3, 0.4) is 0 Å². The van der Waals surface area contributed by atoms with Gasteiger partial charge in [0.1, 0.15) is 6.07 Å². The van der Waals surface area contributed by atoms with Gasteiger partial charge in [0.15, 0.2) is 11.5 Å². The summed E-state index contributed by atoms with van der Waals surface area (Å²) in [5.74, 6) is 1.41. The molecule has 0 bridgehead atoms. The lowest BCUT2D eigenvalue weighted by atomic mass is 9.93. The van der Waals surface area contributed by atoms with Crippen LogP contribution in [0.25, 0.3) is 0 Å². The molecule has 0 unspecified atom stereocenters. The first-order valence-corrected chi connectivity index (χ1v) is 10.1. The Morgan fingerprint density at radius 1 is 1.28 bits per heavy atom. The van der Waals surface area contributed by atoms with Crippen LogP contribution in [0.4, 0.5) is 5.69 Å². The summed E-state index contributed by atoms with van der Waals surface area (Å²) >= 11 is 6.00. The molecule has 7 heteroatoms. The molecule has 2 aliphatic rings. The normalized spacial score (nSPS) is 18.3. The van der Waals surface area contributed by atoms with Gasteiger partial charge in [-0.25, -0.2) is 0 Å². The molecule has 1 atom stereocenters.